The molecule has 1 aromatic carbocycles. The number of halogens is 3. The maximum atomic E-state index is 6.02. The third kappa shape index (κ3) is 1.56. The Balaban J connectivity index is 2.91. The van der Waals surface area contributed by atoms with Crippen molar-refractivity contribution in [3.05, 3.63) is 32.7 Å². The Kier molecular flexibility index (Phi) is 2.56. The summed E-state index contributed by atoms with van der Waals surface area (Å²) in [5.41, 5.74) is 6.32. The Bertz CT molecular complexity index is 514. The third-order valence-electron chi connectivity index (χ3n) is 1.85. The summed E-state index contributed by atoms with van der Waals surface area (Å²) in [6.45, 7) is 0. The molecule has 0 radical (unpaired) electrons. The van der Waals surface area contributed by atoms with Crippen LogP contribution in [0.25, 0.3) is 10.9 Å². The number of nitrogen functional groups attached to an aromatic ring is 1. The van der Waals surface area contributed by atoms with Gasteiger partial charge in [0.15, 0.2) is 0 Å². The number of hydrogen-bond acceptors (Lipinski definition) is 2. The summed E-state index contributed by atoms with van der Waals surface area (Å²) in [5, 5.41) is 1.55. The van der Waals surface area contributed by atoms with Crippen molar-refractivity contribution in [2.24, 2.45) is 0 Å². The van der Waals surface area contributed by atoms with Crippen molar-refractivity contribution in [1.29, 1.82) is 0 Å². The maximum Gasteiger partial charge on any atom is 0.144 e. The van der Waals surface area contributed by atoms with Crippen LogP contribution in [0.5, 0.6) is 0 Å². The van der Waals surface area contributed by atoms with Gasteiger partial charge in [0.1, 0.15) is 10.8 Å². The molecule has 0 bridgehead atoms. The number of fused-ring (bicyclic) bond motifs is 1. The van der Waals surface area contributed by atoms with Gasteiger partial charge in [0, 0.05) is 9.86 Å². The number of nitrogens with zero attached hydrogens (tertiary/aromatic N) is 1. The maximum absolute atomic E-state index is 6.02. The SMILES string of the molecule is Nc1nc2cc(Br)ccc2c(Cl)c1Cl. The predicted octanol–water partition coefficient (Wildman–Crippen LogP) is 3.89. The molecule has 1 heterocycles. The van der Waals surface area contributed by atoms with Crippen molar-refractivity contribution < 1.29 is 0 Å². The lowest BCUT2D eigenvalue weighted by molar-refractivity contribution is 1.41. The van der Waals surface area contributed by atoms with Crippen LogP contribution in [-0.4, -0.2) is 4.98 Å². The second-order valence-electron chi connectivity index (χ2n) is 2.79. The normalized spacial score (nSPS) is 10.8. The number of aromatic nitrogens is 1. The first-order valence-corrected chi connectivity index (χ1v) is 5.34. The average Bonchev–Trinajstić information content (AvgIpc) is 2.14. The molecule has 72 valence electrons. The molecule has 0 amide bonds. The van der Waals surface area contributed by atoms with Gasteiger partial charge in [-0.15, -0.1) is 0 Å². The molecular weight excluding hydrogens is 287 g/mol. The lowest BCUT2D eigenvalue weighted by Gasteiger charge is -2.04. The zero-order valence-electron chi connectivity index (χ0n) is 6.89. The number of pyridine rings is 1. The highest BCUT2D eigenvalue weighted by atomic mass is 79.9. The van der Waals surface area contributed by atoms with E-state index >= 15 is 0 Å². The first-order chi connectivity index (χ1) is 6.59. The zero-order valence-corrected chi connectivity index (χ0v) is 9.99. The van der Waals surface area contributed by atoms with Gasteiger partial charge in [-0.1, -0.05) is 45.2 Å². The smallest absolute Gasteiger partial charge is 0.144 e. The van der Waals surface area contributed by atoms with Crippen molar-refractivity contribution in [2.75, 3.05) is 5.73 Å². The number of nitrogens with two attached hydrogens (primary N) is 1. The van der Waals surface area contributed by atoms with Gasteiger partial charge in [-0.2, -0.15) is 0 Å². The lowest BCUT2D eigenvalue weighted by atomic mass is 10.2. The van der Waals surface area contributed by atoms with Crippen LogP contribution in [0.3, 0.4) is 0 Å². The summed E-state index contributed by atoms with van der Waals surface area (Å²) in [6, 6.07) is 5.57. The summed E-state index contributed by atoms with van der Waals surface area (Å²) in [6.07, 6.45) is 0. The van der Waals surface area contributed by atoms with Crippen molar-refractivity contribution in [3.8, 4) is 0 Å². The zero-order chi connectivity index (χ0) is 10.3. The van der Waals surface area contributed by atoms with Gasteiger partial charge in [-0.25, -0.2) is 4.98 Å². The van der Waals surface area contributed by atoms with Crippen molar-refractivity contribution in [3.63, 3.8) is 0 Å². The molecule has 0 spiro atoms. The van der Waals surface area contributed by atoms with Crippen LogP contribution < -0.4 is 5.73 Å². The Morgan fingerprint density at radius 1 is 1.21 bits per heavy atom. The molecule has 1 aromatic heterocycles. The quantitative estimate of drug-likeness (QED) is 0.800. The molecule has 0 saturated carbocycles. The van der Waals surface area contributed by atoms with Crippen LogP contribution in [0, 0.1) is 0 Å². The second kappa shape index (κ2) is 3.57. The minimum atomic E-state index is 0.252. The molecule has 0 saturated heterocycles. The molecule has 2 aromatic rings. The molecule has 0 aliphatic carbocycles. The molecule has 0 atom stereocenters. The highest BCUT2D eigenvalue weighted by Crippen LogP contribution is 2.34. The van der Waals surface area contributed by atoms with Crippen LogP contribution in [0.15, 0.2) is 22.7 Å². The van der Waals surface area contributed by atoms with E-state index in [4.69, 9.17) is 28.9 Å². The topological polar surface area (TPSA) is 38.9 Å². The van der Waals surface area contributed by atoms with Crippen LogP contribution in [0.4, 0.5) is 5.82 Å². The van der Waals surface area contributed by atoms with E-state index in [0.29, 0.717) is 10.0 Å². The number of anilines is 1. The summed E-state index contributed by atoms with van der Waals surface area (Å²) in [5.74, 6) is 0.252. The van der Waals surface area contributed by atoms with Gasteiger partial charge < -0.3 is 5.73 Å². The molecule has 0 fully saturated rings. The monoisotopic (exact) mass is 290 g/mol. The summed E-state index contributed by atoms with van der Waals surface area (Å²) >= 11 is 15.2. The summed E-state index contributed by atoms with van der Waals surface area (Å²) in [4.78, 5) is 4.13. The Labute approximate surface area is 99.1 Å². The van der Waals surface area contributed by atoms with Gasteiger partial charge >= 0.3 is 0 Å². The van der Waals surface area contributed by atoms with Gasteiger partial charge in [0.25, 0.3) is 0 Å². The van der Waals surface area contributed by atoms with Gasteiger partial charge in [0.2, 0.25) is 0 Å². The molecule has 0 aliphatic rings. The van der Waals surface area contributed by atoms with E-state index in [1.54, 1.807) is 0 Å². The largest absolute Gasteiger partial charge is 0.382 e. The van der Waals surface area contributed by atoms with E-state index in [2.05, 4.69) is 20.9 Å². The number of benzene rings is 1. The minimum Gasteiger partial charge on any atom is -0.382 e. The number of rotatable bonds is 0. The van der Waals surface area contributed by atoms with Gasteiger partial charge in [0.05, 0.1) is 10.5 Å². The molecule has 2 rings (SSSR count). The Hall–Kier alpha value is -0.510. The van der Waals surface area contributed by atoms with E-state index in [9.17, 15) is 0 Å². The van der Waals surface area contributed by atoms with Gasteiger partial charge in [-0.05, 0) is 12.1 Å². The van der Waals surface area contributed by atoms with Crippen LogP contribution in [0.2, 0.25) is 10.0 Å². The van der Waals surface area contributed by atoms with Crippen LogP contribution in [0.1, 0.15) is 0 Å². The van der Waals surface area contributed by atoms with E-state index in [0.717, 1.165) is 15.4 Å². The van der Waals surface area contributed by atoms with E-state index in [1.165, 1.54) is 0 Å². The minimum absolute atomic E-state index is 0.252. The molecule has 2 nitrogen and oxygen atoms in total. The fourth-order valence-corrected chi connectivity index (χ4v) is 1.94. The fourth-order valence-electron chi connectivity index (χ4n) is 1.19. The van der Waals surface area contributed by atoms with E-state index in [-0.39, 0.29) is 5.82 Å². The van der Waals surface area contributed by atoms with Crippen molar-refractivity contribution >= 4 is 55.9 Å². The van der Waals surface area contributed by atoms with Crippen molar-refractivity contribution in [2.45, 2.75) is 0 Å². The Morgan fingerprint density at radius 3 is 2.64 bits per heavy atom. The van der Waals surface area contributed by atoms with Crippen LogP contribution >= 0.6 is 39.1 Å². The summed E-state index contributed by atoms with van der Waals surface area (Å²) in [7, 11) is 0. The van der Waals surface area contributed by atoms with Gasteiger partial charge in [-0.3, -0.25) is 0 Å². The molecule has 0 unspecified atom stereocenters. The molecule has 0 aliphatic heterocycles. The molecule has 5 heteroatoms. The molecule has 14 heavy (non-hydrogen) atoms. The highest BCUT2D eigenvalue weighted by Gasteiger charge is 2.09. The number of hydrogen-bond donors (Lipinski definition) is 1. The second-order valence-corrected chi connectivity index (χ2v) is 4.46. The van der Waals surface area contributed by atoms with Crippen LogP contribution in [-0.2, 0) is 0 Å². The summed E-state index contributed by atoms with van der Waals surface area (Å²) < 4.78 is 0.926. The lowest BCUT2D eigenvalue weighted by Crippen LogP contribution is -1.93. The standard InChI is InChI=1S/C9H5BrCl2N2/c10-4-1-2-5-6(3-4)14-9(13)8(12)7(5)11/h1-3H,(H2,13,14). The first-order valence-electron chi connectivity index (χ1n) is 3.79. The Morgan fingerprint density at radius 2 is 1.93 bits per heavy atom. The highest BCUT2D eigenvalue weighted by molar-refractivity contribution is 9.10. The van der Waals surface area contributed by atoms with E-state index in [1.807, 2.05) is 18.2 Å². The van der Waals surface area contributed by atoms with Crippen molar-refractivity contribution in [1.82, 2.24) is 4.98 Å². The average molecular weight is 292 g/mol. The predicted molar refractivity (Wildman–Crippen MR) is 63.9 cm³/mol. The fraction of sp³-hybridized carbons (Fsp3) is 0. The molecule has 2 N–H and O–H groups in total. The first kappa shape index (κ1) is 10.0. The molecular formula is C9H5BrCl2N2. The third-order valence-corrected chi connectivity index (χ3v) is 3.22. The van der Waals surface area contributed by atoms with E-state index < -0.39 is 0 Å².